The summed E-state index contributed by atoms with van der Waals surface area (Å²) in [6.45, 7) is 1.55. The molecule has 5 rings (SSSR count). The first-order valence-electron chi connectivity index (χ1n) is 11.4. The maximum Gasteiger partial charge on any atom is 0.262 e. The molecule has 0 saturated carbocycles. The van der Waals surface area contributed by atoms with Gasteiger partial charge in [-0.25, -0.2) is 13.8 Å². The molecule has 2 amide bonds. The molecule has 10 heteroatoms. The number of halogens is 2. The zero-order valence-corrected chi connectivity index (χ0v) is 19.4. The monoisotopic (exact) mass is 486 g/mol. The second kappa shape index (κ2) is 9.25. The van der Waals surface area contributed by atoms with Crippen molar-refractivity contribution in [3.05, 3.63) is 62.5 Å². The summed E-state index contributed by atoms with van der Waals surface area (Å²) in [4.78, 5) is 48.1. The van der Waals surface area contributed by atoms with Gasteiger partial charge >= 0.3 is 0 Å². The molecule has 2 aromatic heterocycles. The van der Waals surface area contributed by atoms with Gasteiger partial charge < -0.3 is 9.80 Å². The number of nitrogens with zero attached hydrogens (tertiary/aromatic N) is 4. The van der Waals surface area contributed by atoms with E-state index >= 15 is 0 Å². The number of thiophene rings is 1. The van der Waals surface area contributed by atoms with Gasteiger partial charge in [0.1, 0.15) is 4.83 Å². The minimum atomic E-state index is -1.06. The number of carbonyl (C=O) groups excluding carboxylic acids is 2. The van der Waals surface area contributed by atoms with E-state index in [1.807, 2.05) is 0 Å². The first-order chi connectivity index (χ1) is 16.4. The second-order valence-corrected chi connectivity index (χ2v) is 9.77. The van der Waals surface area contributed by atoms with E-state index in [1.54, 1.807) is 16.2 Å². The van der Waals surface area contributed by atoms with Gasteiger partial charge in [-0.15, -0.1) is 11.3 Å². The SMILES string of the molecule is O=C(CCn1cnc2sc3c(c2c1=O)CCCC3)N1CCN(C(=O)c2ccc(F)c(F)c2)CC1. The lowest BCUT2D eigenvalue weighted by atomic mass is 9.97. The smallest absolute Gasteiger partial charge is 0.262 e. The quantitative estimate of drug-likeness (QED) is 0.568. The van der Waals surface area contributed by atoms with Crippen molar-refractivity contribution >= 4 is 33.4 Å². The van der Waals surface area contributed by atoms with Crippen molar-refractivity contribution in [3.8, 4) is 0 Å². The first kappa shape index (κ1) is 22.6. The van der Waals surface area contributed by atoms with Crippen LogP contribution in [0.5, 0.6) is 0 Å². The summed E-state index contributed by atoms with van der Waals surface area (Å²) in [5.74, 6) is -2.56. The standard InChI is InChI=1S/C24H24F2N4O3S/c25-17-6-5-15(13-18(17)26)23(32)29-11-9-28(10-12-29)20(31)7-8-30-14-27-22-21(24(30)33)16-3-1-2-4-19(16)34-22/h5-6,13-14H,1-4,7-12H2. The van der Waals surface area contributed by atoms with Crippen molar-refractivity contribution in [1.29, 1.82) is 0 Å². The normalized spacial score (nSPS) is 16.1. The molecule has 0 atom stereocenters. The molecule has 0 unspecified atom stereocenters. The maximum absolute atomic E-state index is 13.5. The fourth-order valence-corrected chi connectivity index (χ4v) is 5.90. The van der Waals surface area contributed by atoms with Crippen LogP contribution in [0.4, 0.5) is 8.78 Å². The number of fused-ring (bicyclic) bond motifs is 3. The lowest BCUT2D eigenvalue weighted by molar-refractivity contribution is -0.132. The molecular formula is C24H24F2N4O3S. The van der Waals surface area contributed by atoms with Crippen LogP contribution in [-0.4, -0.2) is 57.3 Å². The fraction of sp³-hybridized carbons (Fsp3) is 0.417. The Balaban J connectivity index is 1.19. The van der Waals surface area contributed by atoms with Gasteiger partial charge in [0.05, 0.1) is 11.7 Å². The molecule has 1 aliphatic heterocycles. The number of rotatable bonds is 4. The summed E-state index contributed by atoms with van der Waals surface area (Å²) in [6, 6.07) is 3.08. The predicted octanol–water partition coefficient (Wildman–Crippen LogP) is 2.99. The molecule has 7 nitrogen and oxygen atoms in total. The van der Waals surface area contributed by atoms with Crippen molar-refractivity contribution in [2.24, 2.45) is 0 Å². The van der Waals surface area contributed by atoms with E-state index in [-0.39, 0.29) is 30.0 Å². The fourth-order valence-electron chi connectivity index (χ4n) is 4.69. The number of hydrogen-bond acceptors (Lipinski definition) is 5. The van der Waals surface area contributed by atoms with Gasteiger partial charge in [0, 0.05) is 49.6 Å². The molecule has 0 bridgehead atoms. The van der Waals surface area contributed by atoms with Crippen LogP contribution in [0.2, 0.25) is 0 Å². The molecule has 0 N–H and O–H groups in total. The third-order valence-electron chi connectivity index (χ3n) is 6.59. The Morgan fingerprint density at radius 3 is 2.50 bits per heavy atom. The van der Waals surface area contributed by atoms with E-state index in [0.717, 1.165) is 48.2 Å². The van der Waals surface area contributed by atoms with Crippen molar-refractivity contribution in [1.82, 2.24) is 19.4 Å². The van der Waals surface area contributed by atoms with Crippen molar-refractivity contribution < 1.29 is 18.4 Å². The van der Waals surface area contributed by atoms with Gasteiger partial charge in [-0.05, 0) is 49.4 Å². The number of hydrogen-bond donors (Lipinski definition) is 0. The van der Waals surface area contributed by atoms with E-state index < -0.39 is 17.5 Å². The molecular weight excluding hydrogens is 462 g/mol. The van der Waals surface area contributed by atoms with E-state index in [9.17, 15) is 23.2 Å². The number of aryl methyl sites for hydroxylation is 3. The Morgan fingerprint density at radius 1 is 1.00 bits per heavy atom. The molecule has 1 aromatic carbocycles. The average Bonchev–Trinajstić information content (AvgIpc) is 3.24. The van der Waals surface area contributed by atoms with E-state index in [4.69, 9.17) is 0 Å². The van der Waals surface area contributed by atoms with E-state index in [2.05, 4.69) is 4.98 Å². The van der Waals surface area contributed by atoms with Crippen LogP contribution in [0.15, 0.2) is 29.3 Å². The Labute approximate surface area is 198 Å². The molecule has 1 aliphatic carbocycles. The molecule has 3 aromatic rings. The third kappa shape index (κ3) is 4.22. The van der Waals surface area contributed by atoms with Gasteiger partial charge in [0.15, 0.2) is 11.6 Å². The summed E-state index contributed by atoms with van der Waals surface area (Å²) in [5, 5.41) is 0.707. The Bertz CT molecular complexity index is 1330. The van der Waals surface area contributed by atoms with Crippen LogP contribution in [0.25, 0.3) is 10.2 Å². The number of carbonyl (C=O) groups is 2. The van der Waals surface area contributed by atoms with Crippen LogP contribution in [0.1, 0.15) is 40.1 Å². The molecule has 178 valence electrons. The zero-order valence-electron chi connectivity index (χ0n) is 18.6. The predicted molar refractivity (Wildman–Crippen MR) is 124 cm³/mol. The second-order valence-electron chi connectivity index (χ2n) is 8.69. The van der Waals surface area contributed by atoms with Gasteiger partial charge in [-0.3, -0.25) is 19.0 Å². The summed E-state index contributed by atoms with van der Waals surface area (Å²) in [5.41, 5.74) is 1.13. The largest absolute Gasteiger partial charge is 0.339 e. The molecule has 0 spiro atoms. The van der Waals surface area contributed by atoms with Gasteiger partial charge in [-0.2, -0.15) is 0 Å². The van der Waals surface area contributed by atoms with Crippen molar-refractivity contribution in [3.63, 3.8) is 0 Å². The number of aromatic nitrogens is 2. The van der Waals surface area contributed by atoms with Gasteiger partial charge in [0.25, 0.3) is 11.5 Å². The zero-order chi connectivity index (χ0) is 23.8. The Hall–Kier alpha value is -3.14. The Kier molecular flexibility index (Phi) is 6.16. The Morgan fingerprint density at radius 2 is 1.74 bits per heavy atom. The molecule has 2 aliphatic rings. The lowest BCUT2D eigenvalue weighted by Gasteiger charge is -2.35. The van der Waals surface area contributed by atoms with Crippen LogP contribution < -0.4 is 5.56 Å². The highest BCUT2D eigenvalue weighted by atomic mass is 32.1. The summed E-state index contributed by atoms with van der Waals surface area (Å²) >= 11 is 1.60. The van der Waals surface area contributed by atoms with Gasteiger partial charge in [0.2, 0.25) is 5.91 Å². The minimum Gasteiger partial charge on any atom is -0.339 e. The topological polar surface area (TPSA) is 75.5 Å². The summed E-state index contributed by atoms with van der Waals surface area (Å²) in [7, 11) is 0. The first-order valence-corrected chi connectivity index (χ1v) is 12.3. The molecule has 1 saturated heterocycles. The van der Waals surface area contributed by atoms with Crippen molar-refractivity contribution in [2.45, 2.75) is 38.6 Å². The molecule has 1 fully saturated rings. The summed E-state index contributed by atoms with van der Waals surface area (Å²) in [6.07, 6.45) is 5.81. The maximum atomic E-state index is 13.5. The number of benzene rings is 1. The van der Waals surface area contributed by atoms with E-state index in [0.29, 0.717) is 31.6 Å². The highest BCUT2D eigenvalue weighted by molar-refractivity contribution is 7.18. The summed E-state index contributed by atoms with van der Waals surface area (Å²) < 4.78 is 28.1. The number of piperazine rings is 1. The lowest BCUT2D eigenvalue weighted by Crippen LogP contribution is -2.50. The van der Waals surface area contributed by atoms with Gasteiger partial charge in [-0.1, -0.05) is 0 Å². The van der Waals surface area contributed by atoms with Crippen molar-refractivity contribution in [2.75, 3.05) is 26.2 Å². The highest BCUT2D eigenvalue weighted by Crippen LogP contribution is 2.33. The van der Waals surface area contributed by atoms with Crippen LogP contribution in [-0.2, 0) is 24.2 Å². The molecule has 34 heavy (non-hydrogen) atoms. The highest BCUT2D eigenvalue weighted by Gasteiger charge is 2.26. The third-order valence-corrected chi connectivity index (χ3v) is 7.79. The molecule has 3 heterocycles. The minimum absolute atomic E-state index is 0.0802. The molecule has 0 radical (unpaired) electrons. The van der Waals surface area contributed by atoms with Crippen LogP contribution in [0.3, 0.4) is 0 Å². The van der Waals surface area contributed by atoms with E-state index in [1.165, 1.54) is 26.7 Å². The average molecular weight is 487 g/mol. The van der Waals surface area contributed by atoms with Crippen LogP contribution in [0, 0.1) is 11.6 Å². The van der Waals surface area contributed by atoms with Crippen LogP contribution >= 0.6 is 11.3 Å². The number of amides is 2.